The second-order valence-electron chi connectivity index (χ2n) is 3.17. The van der Waals surface area contributed by atoms with Crippen LogP contribution < -0.4 is 5.32 Å². The number of aliphatic hydroxyl groups excluding tert-OH is 1. The first-order valence-electron chi connectivity index (χ1n) is 4.74. The van der Waals surface area contributed by atoms with Gasteiger partial charge in [-0.15, -0.1) is 0 Å². The van der Waals surface area contributed by atoms with E-state index in [2.05, 4.69) is 10.3 Å². The summed E-state index contributed by atoms with van der Waals surface area (Å²) >= 11 is 0. The Morgan fingerprint density at radius 3 is 2.93 bits per heavy atom. The summed E-state index contributed by atoms with van der Waals surface area (Å²) in [6.45, 7) is 0.543. The van der Waals surface area contributed by atoms with Crippen molar-refractivity contribution in [2.24, 2.45) is 0 Å². The van der Waals surface area contributed by atoms with Crippen LogP contribution >= 0.6 is 0 Å². The highest BCUT2D eigenvalue weighted by atomic mass is 19.1. The number of aromatic nitrogens is 1. The van der Waals surface area contributed by atoms with Crippen LogP contribution in [0.4, 0.5) is 10.2 Å². The smallest absolute Gasteiger partial charge is 0.141 e. The molecule has 1 atom stereocenters. The Balaban J connectivity index is 2.53. The van der Waals surface area contributed by atoms with Crippen LogP contribution in [0.25, 0.3) is 0 Å². The lowest BCUT2D eigenvalue weighted by Gasteiger charge is -2.17. The number of hydrogen-bond donors (Lipinski definition) is 2. The predicted octanol–water partition coefficient (Wildman–Crippen LogP) is 1.03. The molecule has 4 nitrogen and oxygen atoms in total. The van der Waals surface area contributed by atoms with Gasteiger partial charge in [0.1, 0.15) is 11.6 Å². The number of rotatable bonds is 6. The van der Waals surface area contributed by atoms with E-state index in [1.54, 1.807) is 13.2 Å². The largest absolute Gasteiger partial charge is 0.396 e. The van der Waals surface area contributed by atoms with E-state index >= 15 is 0 Å². The number of aliphatic hydroxyl groups is 1. The van der Waals surface area contributed by atoms with E-state index in [0.717, 1.165) is 6.20 Å². The Bertz CT molecular complexity index is 273. The van der Waals surface area contributed by atoms with Gasteiger partial charge in [-0.25, -0.2) is 9.37 Å². The zero-order chi connectivity index (χ0) is 11.1. The monoisotopic (exact) mass is 214 g/mol. The Morgan fingerprint density at radius 1 is 1.60 bits per heavy atom. The van der Waals surface area contributed by atoms with Gasteiger partial charge in [0.2, 0.25) is 0 Å². The van der Waals surface area contributed by atoms with E-state index in [9.17, 15) is 4.39 Å². The minimum Gasteiger partial charge on any atom is -0.396 e. The van der Waals surface area contributed by atoms with Crippen molar-refractivity contribution >= 4 is 5.82 Å². The van der Waals surface area contributed by atoms with Crippen molar-refractivity contribution in [1.82, 2.24) is 4.98 Å². The maximum absolute atomic E-state index is 12.6. The van der Waals surface area contributed by atoms with Gasteiger partial charge < -0.3 is 15.2 Å². The van der Waals surface area contributed by atoms with Gasteiger partial charge in [-0.3, -0.25) is 0 Å². The average molecular weight is 214 g/mol. The van der Waals surface area contributed by atoms with Gasteiger partial charge >= 0.3 is 0 Å². The number of nitrogens with zero attached hydrogens (tertiary/aromatic N) is 1. The zero-order valence-corrected chi connectivity index (χ0v) is 8.61. The van der Waals surface area contributed by atoms with E-state index in [1.807, 2.05) is 0 Å². The SMILES string of the molecule is COCC(CCO)Nc1ccc(F)cn1. The third-order valence-corrected chi connectivity index (χ3v) is 1.92. The Hall–Kier alpha value is -1.20. The lowest BCUT2D eigenvalue weighted by atomic mass is 10.2. The average Bonchev–Trinajstić information content (AvgIpc) is 2.22. The van der Waals surface area contributed by atoms with Crippen molar-refractivity contribution in [3.05, 3.63) is 24.1 Å². The second-order valence-corrected chi connectivity index (χ2v) is 3.17. The normalized spacial score (nSPS) is 12.5. The molecular formula is C10H15FN2O2. The molecule has 15 heavy (non-hydrogen) atoms. The molecule has 1 unspecified atom stereocenters. The van der Waals surface area contributed by atoms with Crippen LogP contribution in [-0.4, -0.2) is 36.5 Å². The molecule has 1 rings (SSSR count). The summed E-state index contributed by atoms with van der Waals surface area (Å²) in [7, 11) is 1.59. The van der Waals surface area contributed by atoms with Crippen LogP contribution in [-0.2, 0) is 4.74 Å². The molecule has 0 bridgehead atoms. The summed E-state index contributed by atoms with van der Waals surface area (Å²) in [5.41, 5.74) is 0. The van der Waals surface area contributed by atoms with E-state index < -0.39 is 0 Å². The summed E-state index contributed by atoms with van der Waals surface area (Å²) in [4.78, 5) is 3.86. The number of pyridine rings is 1. The second kappa shape index (κ2) is 6.31. The molecule has 0 aromatic carbocycles. The first-order chi connectivity index (χ1) is 7.26. The number of methoxy groups -OCH3 is 1. The van der Waals surface area contributed by atoms with Crippen molar-refractivity contribution in [2.75, 3.05) is 25.6 Å². The minimum absolute atomic E-state index is 0.0158. The number of nitrogens with one attached hydrogen (secondary N) is 1. The third kappa shape index (κ3) is 4.22. The summed E-state index contributed by atoms with van der Waals surface area (Å²) < 4.78 is 17.5. The molecule has 0 aliphatic rings. The molecule has 1 aromatic rings. The highest BCUT2D eigenvalue weighted by molar-refractivity contribution is 5.34. The van der Waals surface area contributed by atoms with E-state index in [-0.39, 0.29) is 18.5 Å². The van der Waals surface area contributed by atoms with Gasteiger partial charge in [0.15, 0.2) is 0 Å². The van der Waals surface area contributed by atoms with Crippen LogP contribution in [0.3, 0.4) is 0 Å². The van der Waals surface area contributed by atoms with E-state index in [0.29, 0.717) is 18.8 Å². The topological polar surface area (TPSA) is 54.4 Å². The molecule has 84 valence electrons. The lowest BCUT2D eigenvalue weighted by Crippen LogP contribution is -2.26. The molecule has 0 fully saturated rings. The molecule has 0 spiro atoms. The standard InChI is InChI=1S/C10H15FN2O2/c1-15-7-9(4-5-14)13-10-3-2-8(11)6-12-10/h2-3,6,9,14H,4-5,7H2,1H3,(H,12,13). The fraction of sp³-hybridized carbons (Fsp3) is 0.500. The quantitative estimate of drug-likeness (QED) is 0.742. The predicted molar refractivity (Wildman–Crippen MR) is 55.2 cm³/mol. The fourth-order valence-corrected chi connectivity index (χ4v) is 1.22. The molecule has 5 heteroatoms. The van der Waals surface area contributed by atoms with Crippen LogP contribution in [0.2, 0.25) is 0 Å². The van der Waals surface area contributed by atoms with E-state index in [1.165, 1.54) is 6.07 Å². The number of hydrogen-bond acceptors (Lipinski definition) is 4. The highest BCUT2D eigenvalue weighted by Crippen LogP contribution is 2.07. The lowest BCUT2D eigenvalue weighted by molar-refractivity contribution is 0.170. The molecule has 0 amide bonds. The Morgan fingerprint density at radius 2 is 2.40 bits per heavy atom. The van der Waals surface area contributed by atoms with Crippen molar-refractivity contribution in [3.8, 4) is 0 Å². The minimum atomic E-state index is -0.369. The summed E-state index contributed by atoms with van der Waals surface area (Å²) in [6, 6.07) is 2.87. The number of ether oxygens (including phenoxy) is 1. The van der Waals surface area contributed by atoms with Crippen LogP contribution in [0.15, 0.2) is 18.3 Å². The van der Waals surface area contributed by atoms with Gasteiger partial charge in [-0.2, -0.15) is 0 Å². The maximum atomic E-state index is 12.6. The van der Waals surface area contributed by atoms with Crippen LogP contribution in [0.5, 0.6) is 0 Å². The summed E-state index contributed by atoms with van der Waals surface area (Å²) in [5, 5.41) is 11.9. The highest BCUT2D eigenvalue weighted by Gasteiger charge is 2.07. The van der Waals surface area contributed by atoms with Crippen molar-refractivity contribution in [3.63, 3.8) is 0 Å². The Kier molecular flexibility index (Phi) is 5.00. The van der Waals surface area contributed by atoms with Gasteiger partial charge in [0.05, 0.1) is 18.8 Å². The molecule has 1 heterocycles. The third-order valence-electron chi connectivity index (χ3n) is 1.92. The fourth-order valence-electron chi connectivity index (χ4n) is 1.22. The summed E-state index contributed by atoms with van der Waals surface area (Å²) in [5.74, 6) is 0.206. The molecule has 0 radical (unpaired) electrons. The van der Waals surface area contributed by atoms with Crippen LogP contribution in [0.1, 0.15) is 6.42 Å². The van der Waals surface area contributed by atoms with Crippen molar-refractivity contribution < 1.29 is 14.2 Å². The van der Waals surface area contributed by atoms with Crippen molar-refractivity contribution in [2.45, 2.75) is 12.5 Å². The molecule has 0 aliphatic heterocycles. The van der Waals surface area contributed by atoms with Gasteiger partial charge in [0, 0.05) is 13.7 Å². The van der Waals surface area contributed by atoms with Gasteiger partial charge in [0.25, 0.3) is 0 Å². The maximum Gasteiger partial charge on any atom is 0.141 e. The first-order valence-corrected chi connectivity index (χ1v) is 4.74. The number of anilines is 1. The molecule has 0 aliphatic carbocycles. The van der Waals surface area contributed by atoms with E-state index in [4.69, 9.17) is 9.84 Å². The first kappa shape index (κ1) is 11.9. The molecule has 0 saturated heterocycles. The van der Waals surface area contributed by atoms with Gasteiger partial charge in [-0.05, 0) is 18.6 Å². The van der Waals surface area contributed by atoms with Gasteiger partial charge in [-0.1, -0.05) is 0 Å². The molecule has 2 N–H and O–H groups in total. The van der Waals surface area contributed by atoms with Crippen molar-refractivity contribution in [1.29, 1.82) is 0 Å². The zero-order valence-electron chi connectivity index (χ0n) is 8.61. The molecule has 1 aromatic heterocycles. The number of halogens is 1. The molecular weight excluding hydrogens is 199 g/mol. The summed E-state index contributed by atoms with van der Waals surface area (Å²) in [6.07, 6.45) is 1.71. The van der Waals surface area contributed by atoms with Crippen LogP contribution in [0, 0.1) is 5.82 Å². The molecule has 0 saturated carbocycles. The Labute approximate surface area is 88.1 Å².